The molecule has 0 aliphatic heterocycles. The van der Waals surface area contributed by atoms with Crippen LogP contribution < -0.4 is 4.90 Å². The van der Waals surface area contributed by atoms with Crippen LogP contribution in [-0.2, 0) is 6.42 Å². The predicted octanol–water partition coefficient (Wildman–Crippen LogP) is 3.90. The van der Waals surface area contributed by atoms with Gasteiger partial charge in [0, 0.05) is 17.6 Å². The van der Waals surface area contributed by atoms with Crippen molar-refractivity contribution in [3.63, 3.8) is 0 Å². The minimum absolute atomic E-state index is 0.378. The zero-order valence-electron chi connectivity index (χ0n) is 12.2. The number of benzene rings is 1. The zero-order valence-corrected chi connectivity index (χ0v) is 13.0. The highest BCUT2D eigenvalue weighted by Crippen LogP contribution is 2.38. The van der Waals surface area contributed by atoms with E-state index in [-0.39, 0.29) is 6.10 Å². The minimum atomic E-state index is -0.378. The molecule has 2 aromatic rings. The Bertz CT molecular complexity index is 615. The van der Waals surface area contributed by atoms with Crippen LogP contribution in [0, 0.1) is 13.8 Å². The Morgan fingerprint density at radius 2 is 1.95 bits per heavy atom. The number of hydrogen-bond donors (Lipinski definition) is 1. The molecule has 0 saturated carbocycles. The molecule has 1 atom stereocenters. The van der Waals surface area contributed by atoms with Crippen LogP contribution in [0.3, 0.4) is 0 Å². The van der Waals surface area contributed by atoms with Gasteiger partial charge in [0.25, 0.3) is 0 Å². The van der Waals surface area contributed by atoms with Gasteiger partial charge in [-0.1, -0.05) is 6.07 Å². The highest BCUT2D eigenvalue weighted by Gasteiger charge is 2.24. The first kappa shape index (κ1) is 13.6. The predicted molar refractivity (Wildman–Crippen MR) is 84.0 cm³/mol. The number of anilines is 2. The Hall–Kier alpha value is -1.39. The first-order valence-corrected chi connectivity index (χ1v) is 7.86. The van der Waals surface area contributed by atoms with E-state index in [9.17, 15) is 5.11 Å². The van der Waals surface area contributed by atoms with Crippen molar-refractivity contribution in [2.45, 2.75) is 39.2 Å². The summed E-state index contributed by atoms with van der Waals surface area (Å²) in [5.74, 6) is 0. The minimum Gasteiger partial charge on any atom is -0.387 e. The summed E-state index contributed by atoms with van der Waals surface area (Å²) in [7, 11) is 2.05. The van der Waals surface area contributed by atoms with Crippen molar-refractivity contribution < 1.29 is 5.11 Å². The molecule has 20 heavy (non-hydrogen) atoms. The van der Waals surface area contributed by atoms with Gasteiger partial charge in [-0.3, -0.25) is 0 Å². The summed E-state index contributed by atoms with van der Waals surface area (Å²) >= 11 is 1.71. The molecule has 3 nitrogen and oxygen atoms in total. The molecule has 4 heteroatoms. The van der Waals surface area contributed by atoms with Gasteiger partial charge in [0.1, 0.15) is 0 Å². The van der Waals surface area contributed by atoms with E-state index in [1.165, 1.54) is 16.0 Å². The van der Waals surface area contributed by atoms with Gasteiger partial charge in [-0.15, -0.1) is 11.3 Å². The maximum Gasteiger partial charge on any atom is 0.190 e. The van der Waals surface area contributed by atoms with E-state index >= 15 is 0 Å². The molecule has 0 radical (unpaired) electrons. The molecule has 3 rings (SSSR count). The van der Waals surface area contributed by atoms with Gasteiger partial charge in [0.05, 0.1) is 11.8 Å². The van der Waals surface area contributed by atoms with E-state index in [1.54, 1.807) is 11.3 Å². The standard InChI is InChI=1S/C16H20N2OS/c1-10-7-11(2)9-12(8-10)18(3)16-17-15-13(19)5-4-6-14(15)20-16/h7-9,13,19H,4-6H2,1-3H3. The SMILES string of the molecule is Cc1cc(C)cc(N(C)c2nc3c(s2)CCCC3O)c1. The number of rotatable bonds is 2. The van der Waals surface area contributed by atoms with Crippen molar-refractivity contribution in [1.82, 2.24) is 4.98 Å². The smallest absolute Gasteiger partial charge is 0.190 e. The summed E-state index contributed by atoms with van der Waals surface area (Å²) in [6, 6.07) is 6.52. The summed E-state index contributed by atoms with van der Waals surface area (Å²) < 4.78 is 0. The van der Waals surface area contributed by atoms with Gasteiger partial charge >= 0.3 is 0 Å². The average molecular weight is 288 g/mol. The van der Waals surface area contributed by atoms with Crippen LogP contribution >= 0.6 is 11.3 Å². The fourth-order valence-corrected chi connectivity index (χ4v) is 3.92. The molecular weight excluding hydrogens is 268 g/mol. The molecule has 106 valence electrons. The summed E-state index contributed by atoms with van der Waals surface area (Å²) in [5.41, 5.74) is 4.57. The molecule has 1 N–H and O–H groups in total. The van der Waals surface area contributed by atoms with Crippen LogP contribution in [0.2, 0.25) is 0 Å². The van der Waals surface area contributed by atoms with Gasteiger partial charge in [-0.2, -0.15) is 0 Å². The number of aryl methyl sites for hydroxylation is 3. The molecule has 0 spiro atoms. The molecule has 1 aromatic carbocycles. The number of thiazole rings is 1. The van der Waals surface area contributed by atoms with Crippen molar-refractivity contribution in [2.24, 2.45) is 0 Å². The number of aliphatic hydroxyl groups excluding tert-OH is 1. The fraction of sp³-hybridized carbons (Fsp3) is 0.438. The van der Waals surface area contributed by atoms with Gasteiger partial charge in [-0.25, -0.2) is 4.98 Å². The van der Waals surface area contributed by atoms with Crippen LogP contribution in [0.5, 0.6) is 0 Å². The summed E-state index contributed by atoms with van der Waals surface area (Å²) in [5, 5.41) is 11.0. The number of aromatic nitrogens is 1. The van der Waals surface area contributed by atoms with Crippen molar-refractivity contribution in [2.75, 3.05) is 11.9 Å². The maximum atomic E-state index is 10.0. The highest BCUT2D eigenvalue weighted by molar-refractivity contribution is 7.15. The quantitative estimate of drug-likeness (QED) is 0.910. The van der Waals surface area contributed by atoms with Crippen LogP contribution in [0.4, 0.5) is 10.8 Å². The Balaban J connectivity index is 1.96. The van der Waals surface area contributed by atoms with Crippen LogP contribution in [0.15, 0.2) is 18.2 Å². The maximum absolute atomic E-state index is 10.0. The van der Waals surface area contributed by atoms with Crippen LogP contribution in [-0.4, -0.2) is 17.1 Å². The van der Waals surface area contributed by atoms with Gasteiger partial charge in [0.15, 0.2) is 5.13 Å². The lowest BCUT2D eigenvalue weighted by atomic mass is 10.0. The Morgan fingerprint density at radius 3 is 2.60 bits per heavy atom. The van der Waals surface area contributed by atoms with Crippen molar-refractivity contribution in [3.8, 4) is 0 Å². The van der Waals surface area contributed by atoms with E-state index in [0.29, 0.717) is 0 Å². The number of aliphatic hydroxyl groups is 1. The topological polar surface area (TPSA) is 36.4 Å². The highest BCUT2D eigenvalue weighted by atomic mass is 32.1. The largest absolute Gasteiger partial charge is 0.387 e. The monoisotopic (exact) mass is 288 g/mol. The molecule has 0 bridgehead atoms. The zero-order chi connectivity index (χ0) is 14.3. The summed E-state index contributed by atoms with van der Waals surface area (Å²) in [6.07, 6.45) is 2.56. The second-order valence-corrected chi connectivity index (χ2v) is 6.68. The van der Waals surface area contributed by atoms with Crippen molar-refractivity contribution in [1.29, 1.82) is 0 Å². The van der Waals surface area contributed by atoms with Crippen molar-refractivity contribution >= 4 is 22.2 Å². The molecule has 0 amide bonds. The Labute approximate surface area is 123 Å². The van der Waals surface area contributed by atoms with Gasteiger partial charge in [-0.05, 0) is 56.4 Å². The first-order chi connectivity index (χ1) is 9.54. The second kappa shape index (κ2) is 5.19. The third-order valence-electron chi connectivity index (χ3n) is 3.79. The number of hydrogen-bond acceptors (Lipinski definition) is 4. The fourth-order valence-electron chi connectivity index (χ4n) is 2.78. The molecule has 1 aliphatic rings. The molecule has 1 aromatic heterocycles. The van der Waals surface area contributed by atoms with Gasteiger partial charge < -0.3 is 10.0 Å². The molecule has 0 fully saturated rings. The third kappa shape index (κ3) is 2.45. The third-order valence-corrected chi connectivity index (χ3v) is 5.00. The van der Waals surface area contributed by atoms with Gasteiger partial charge in [0.2, 0.25) is 0 Å². The Morgan fingerprint density at radius 1 is 1.25 bits per heavy atom. The molecule has 1 aliphatic carbocycles. The van der Waals surface area contributed by atoms with E-state index < -0.39 is 0 Å². The lowest BCUT2D eigenvalue weighted by Crippen LogP contribution is -2.10. The molecule has 1 unspecified atom stereocenters. The lowest BCUT2D eigenvalue weighted by molar-refractivity contribution is 0.153. The molecule has 0 saturated heterocycles. The Kier molecular flexibility index (Phi) is 3.52. The first-order valence-electron chi connectivity index (χ1n) is 7.04. The summed E-state index contributed by atoms with van der Waals surface area (Å²) in [4.78, 5) is 8.03. The van der Waals surface area contributed by atoms with Crippen LogP contribution in [0.1, 0.15) is 40.6 Å². The van der Waals surface area contributed by atoms with Crippen molar-refractivity contribution in [3.05, 3.63) is 39.9 Å². The van der Waals surface area contributed by atoms with E-state index in [1.807, 2.05) is 7.05 Å². The van der Waals surface area contributed by atoms with E-state index in [0.717, 1.165) is 35.8 Å². The molecule has 1 heterocycles. The second-order valence-electron chi connectivity index (χ2n) is 5.62. The average Bonchev–Trinajstić information content (AvgIpc) is 2.82. The molecular formula is C16H20N2OS. The lowest BCUT2D eigenvalue weighted by Gasteiger charge is -2.17. The normalized spacial score (nSPS) is 17.9. The summed E-state index contributed by atoms with van der Waals surface area (Å²) in [6.45, 7) is 4.22. The number of fused-ring (bicyclic) bond motifs is 1. The van der Waals surface area contributed by atoms with Crippen LogP contribution in [0.25, 0.3) is 0 Å². The van der Waals surface area contributed by atoms with E-state index in [4.69, 9.17) is 0 Å². The number of nitrogens with zero attached hydrogens (tertiary/aromatic N) is 2. The van der Waals surface area contributed by atoms with E-state index in [2.05, 4.69) is 41.9 Å².